The molecule has 0 fully saturated rings. The zero-order valence-corrected chi connectivity index (χ0v) is 10.3. The van der Waals surface area contributed by atoms with Crippen molar-refractivity contribution in [3.63, 3.8) is 0 Å². The van der Waals surface area contributed by atoms with Crippen LogP contribution in [0.2, 0.25) is 0 Å². The fraction of sp³-hybridized carbons (Fsp3) is 0.462. The van der Waals surface area contributed by atoms with Crippen molar-refractivity contribution in [3.05, 3.63) is 23.8 Å². The predicted molar refractivity (Wildman–Crippen MR) is 70.1 cm³/mol. The molecular weight excluding hydrogens is 214 g/mol. The van der Waals surface area contributed by atoms with Crippen LogP contribution >= 0.6 is 0 Å². The van der Waals surface area contributed by atoms with Crippen molar-refractivity contribution in [1.82, 2.24) is 0 Å². The van der Waals surface area contributed by atoms with Gasteiger partial charge in [0, 0.05) is 17.9 Å². The lowest BCUT2D eigenvalue weighted by molar-refractivity contribution is -0.120. The molecule has 0 aliphatic carbocycles. The Hall–Kier alpha value is -1.55. The van der Waals surface area contributed by atoms with E-state index < -0.39 is 5.54 Å². The molecule has 1 amide bonds. The summed E-state index contributed by atoms with van der Waals surface area (Å²) in [6.45, 7) is 4.42. The molecular formula is C13H19N3O. The molecule has 4 N–H and O–H groups in total. The Morgan fingerprint density at radius 2 is 2.24 bits per heavy atom. The van der Waals surface area contributed by atoms with Gasteiger partial charge in [0.25, 0.3) is 0 Å². The van der Waals surface area contributed by atoms with Gasteiger partial charge in [-0.1, -0.05) is 0 Å². The van der Waals surface area contributed by atoms with Gasteiger partial charge in [0.15, 0.2) is 0 Å². The summed E-state index contributed by atoms with van der Waals surface area (Å²) in [7, 11) is 0. The lowest BCUT2D eigenvalue weighted by Crippen LogP contribution is -2.45. The molecule has 1 aliphatic heterocycles. The Morgan fingerprint density at radius 1 is 1.47 bits per heavy atom. The second-order valence-corrected chi connectivity index (χ2v) is 5.08. The van der Waals surface area contributed by atoms with Crippen molar-refractivity contribution < 1.29 is 4.79 Å². The lowest BCUT2D eigenvalue weighted by Gasteiger charge is -2.21. The van der Waals surface area contributed by atoms with Crippen LogP contribution in [0.5, 0.6) is 0 Å². The molecule has 1 aromatic carbocycles. The maximum atomic E-state index is 11.8. The zero-order chi connectivity index (χ0) is 12.5. The summed E-state index contributed by atoms with van der Waals surface area (Å²) in [4.78, 5) is 11.8. The summed E-state index contributed by atoms with van der Waals surface area (Å²) in [6.07, 6.45) is 2.19. The van der Waals surface area contributed by atoms with E-state index in [1.54, 1.807) is 13.8 Å². The maximum Gasteiger partial charge on any atom is 0.243 e. The van der Waals surface area contributed by atoms with E-state index in [2.05, 4.69) is 10.6 Å². The third-order valence-electron chi connectivity index (χ3n) is 2.89. The highest BCUT2D eigenvalue weighted by molar-refractivity contribution is 5.97. The minimum absolute atomic E-state index is 0.166. The number of aryl methyl sites for hydroxylation is 1. The van der Waals surface area contributed by atoms with Crippen molar-refractivity contribution >= 4 is 17.3 Å². The molecule has 2 rings (SSSR count). The van der Waals surface area contributed by atoms with Crippen LogP contribution in [0, 0.1) is 0 Å². The highest BCUT2D eigenvalue weighted by Crippen LogP contribution is 2.25. The number of nitrogens with two attached hydrogens (primary N) is 1. The van der Waals surface area contributed by atoms with E-state index in [0.29, 0.717) is 0 Å². The Bertz CT molecular complexity index is 435. The normalized spacial score (nSPS) is 14.8. The minimum Gasteiger partial charge on any atom is -0.385 e. The van der Waals surface area contributed by atoms with Crippen LogP contribution in [0.1, 0.15) is 25.8 Å². The standard InChI is InChI=1S/C13H19N3O/c1-13(2,14)12(17)16-10-5-6-11-9(8-10)4-3-7-15-11/h5-6,8,15H,3-4,7,14H2,1-2H3,(H,16,17). The molecule has 0 saturated carbocycles. The Labute approximate surface area is 102 Å². The van der Waals surface area contributed by atoms with Gasteiger partial charge in [-0.2, -0.15) is 0 Å². The molecule has 0 unspecified atom stereocenters. The highest BCUT2D eigenvalue weighted by Gasteiger charge is 2.22. The Balaban J connectivity index is 2.15. The summed E-state index contributed by atoms with van der Waals surface area (Å²) in [5, 5.41) is 6.18. The number of fused-ring (bicyclic) bond motifs is 1. The first-order valence-corrected chi connectivity index (χ1v) is 5.94. The van der Waals surface area contributed by atoms with Crippen LogP contribution < -0.4 is 16.4 Å². The average Bonchev–Trinajstić information content (AvgIpc) is 2.27. The van der Waals surface area contributed by atoms with Crippen molar-refractivity contribution in [2.45, 2.75) is 32.2 Å². The molecule has 0 radical (unpaired) electrons. The van der Waals surface area contributed by atoms with Gasteiger partial charge < -0.3 is 16.4 Å². The van der Waals surface area contributed by atoms with Gasteiger partial charge in [-0.15, -0.1) is 0 Å². The second-order valence-electron chi connectivity index (χ2n) is 5.08. The quantitative estimate of drug-likeness (QED) is 0.728. The lowest BCUT2D eigenvalue weighted by atomic mass is 10.0. The van der Waals surface area contributed by atoms with Gasteiger partial charge in [0.2, 0.25) is 5.91 Å². The van der Waals surface area contributed by atoms with Gasteiger partial charge in [-0.25, -0.2) is 0 Å². The van der Waals surface area contributed by atoms with E-state index in [4.69, 9.17) is 5.73 Å². The molecule has 1 aliphatic rings. The van der Waals surface area contributed by atoms with Gasteiger partial charge >= 0.3 is 0 Å². The summed E-state index contributed by atoms with van der Waals surface area (Å²) in [5.41, 5.74) is 8.12. The third-order valence-corrected chi connectivity index (χ3v) is 2.89. The third kappa shape index (κ3) is 2.77. The van der Waals surface area contributed by atoms with E-state index >= 15 is 0 Å². The van der Waals surface area contributed by atoms with Gasteiger partial charge in [0.05, 0.1) is 5.54 Å². The van der Waals surface area contributed by atoms with Crippen molar-refractivity contribution in [3.8, 4) is 0 Å². The molecule has 0 aromatic heterocycles. The number of rotatable bonds is 2. The maximum absolute atomic E-state index is 11.8. The number of nitrogens with one attached hydrogen (secondary N) is 2. The van der Waals surface area contributed by atoms with E-state index in [1.165, 1.54) is 11.3 Å². The topological polar surface area (TPSA) is 67.2 Å². The molecule has 0 spiro atoms. The number of anilines is 2. The first-order valence-electron chi connectivity index (χ1n) is 5.94. The van der Waals surface area contributed by atoms with Crippen LogP contribution in [0.25, 0.3) is 0 Å². The van der Waals surface area contributed by atoms with Gasteiger partial charge in [0.1, 0.15) is 0 Å². The fourth-order valence-corrected chi connectivity index (χ4v) is 1.84. The first kappa shape index (κ1) is 11.9. The fourth-order valence-electron chi connectivity index (χ4n) is 1.84. The largest absolute Gasteiger partial charge is 0.385 e. The van der Waals surface area contributed by atoms with Crippen molar-refractivity contribution in [2.75, 3.05) is 17.2 Å². The number of hydrogen-bond acceptors (Lipinski definition) is 3. The molecule has 0 saturated heterocycles. The molecule has 0 bridgehead atoms. The SMILES string of the molecule is CC(C)(N)C(=O)Nc1ccc2c(c1)CCCN2. The van der Waals surface area contributed by atoms with Crippen LogP contribution in [0.4, 0.5) is 11.4 Å². The summed E-state index contributed by atoms with van der Waals surface area (Å²) >= 11 is 0. The number of hydrogen-bond donors (Lipinski definition) is 3. The van der Waals surface area contributed by atoms with E-state index in [-0.39, 0.29) is 5.91 Å². The first-order chi connectivity index (χ1) is 7.97. The molecule has 17 heavy (non-hydrogen) atoms. The van der Waals surface area contributed by atoms with Crippen LogP contribution in [-0.2, 0) is 11.2 Å². The molecule has 1 aromatic rings. The van der Waals surface area contributed by atoms with Gasteiger partial charge in [-0.05, 0) is 50.5 Å². The van der Waals surface area contributed by atoms with Crippen molar-refractivity contribution in [1.29, 1.82) is 0 Å². The number of benzene rings is 1. The summed E-state index contributed by atoms with van der Waals surface area (Å²) in [5.74, 6) is -0.166. The predicted octanol–water partition coefficient (Wildman–Crippen LogP) is 1.72. The monoisotopic (exact) mass is 233 g/mol. The smallest absolute Gasteiger partial charge is 0.243 e. The van der Waals surface area contributed by atoms with Gasteiger partial charge in [-0.3, -0.25) is 4.79 Å². The van der Waals surface area contributed by atoms with Crippen LogP contribution in [0.15, 0.2) is 18.2 Å². The minimum atomic E-state index is -0.853. The molecule has 4 nitrogen and oxygen atoms in total. The van der Waals surface area contributed by atoms with E-state index in [0.717, 1.165) is 25.1 Å². The molecule has 92 valence electrons. The van der Waals surface area contributed by atoms with E-state index in [9.17, 15) is 4.79 Å². The number of amides is 1. The molecule has 4 heteroatoms. The average molecular weight is 233 g/mol. The zero-order valence-electron chi connectivity index (χ0n) is 10.3. The number of carbonyl (C=O) groups excluding carboxylic acids is 1. The van der Waals surface area contributed by atoms with E-state index in [1.807, 2.05) is 18.2 Å². The molecule has 1 heterocycles. The molecule has 0 atom stereocenters. The number of carbonyl (C=O) groups is 1. The van der Waals surface area contributed by atoms with Crippen LogP contribution in [-0.4, -0.2) is 18.0 Å². The Kier molecular flexibility index (Phi) is 3.07. The second kappa shape index (κ2) is 4.37. The summed E-state index contributed by atoms with van der Waals surface area (Å²) < 4.78 is 0. The Morgan fingerprint density at radius 3 is 2.94 bits per heavy atom. The van der Waals surface area contributed by atoms with Crippen LogP contribution in [0.3, 0.4) is 0 Å². The highest BCUT2D eigenvalue weighted by atomic mass is 16.2. The summed E-state index contributed by atoms with van der Waals surface area (Å²) in [6, 6.07) is 5.93. The van der Waals surface area contributed by atoms with Crippen molar-refractivity contribution in [2.24, 2.45) is 5.73 Å².